The molecule has 0 aliphatic rings. The molecular formula is C11H21NO3. The summed E-state index contributed by atoms with van der Waals surface area (Å²) in [6, 6.07) is 0. The highest BCUT2D eigenvalue weighted by Gasteiger charge is 2.25. The van der Waals surface area contributed by atoms with E-state index >= 15 is 0 Å². The molecule has 15 heavy (non-hydrogen) atoms. The van der Waals surface area contributed by atoms with E-state index in [0.717, 1.165) is 0 Å². The summed E-state index contributed by atoms with van der Waals surface area (Å²) >= 11 is 0. The molecule has 0 radical (unpaired) electrons. The van der Waals surface area contributed by atoms with Crippen LogP contribution in [-0.2, 0) is 9.53 Å². The highest BCUT2D eigenvalue weighted by molar-refractivity contribution is 5.82. The number of hydrogen-bond acceptors (Lipinski definition) is 3. The zero-order valence-electron chi connectivity index (χ0n) is 10.4. The van der Waals surface area contributed by atoms with Gasteiger partial charge in [-0.25, -0.2) is 4.79 Å². The maximum atomic E-state index is 11.3. The minimum Gasteiger partial charge on any atom is -0.444 e. The van der Waals surface area contributed by atoms with Gasteiger partial charge in [0.15, 0.2) is 0 Å². The van der Waals surface area contributed by atoms with E-state index in [9.17, 15) is 9.59 Å². The first-order valence-corrected chi connectivity index (χ1v) is 5.02. The van der Waals surface area contributed by atoms with Gasteiger partial charge < -0.3 is 10.1 Å². The topological polar surface area (TPSA) is 55.4 Å². The molecular weight excluding hydrogens is 194 g/mol. The summed E-state index contributed by atoms with van der Waals surface area (Å²) in [5, 5.41) is 2.58. The molecule has 0 saturated carbocycles. The highest BCUT2D eigenvalue weighted by Crippen LogP contribution is 2.15. The molecule has 4 heteroatoms. The Morgan fingerprint density at radius 2 is 1.60 bits per heavy atom. The molecule has 0 aromatic heterocycles. The van der Waals surface area contributed by atoms with E-state index in [2.05, 4.69) is 5.32 Å². The molecule has 4 nitrogen and oxygen atoms in total. The van der Waals surface area contributed by atoms with E-state index in [-0.39, 0.29) is 12.3 Å². The molecule has 88 valence electrons. The van der Waals surface area contributed by atoms with Crippen molar-refractivity contribution in [3.8, 4) is 0 Å². The van der Waals surface area contributed by atoms with Crippen LogP contribution in [0.3, 0.4) is 0 Å². The summed E-state index contributed by atoms with van der Waals surface area (Å²) < 4.78 is 5.05. The van der Waals surface area contributed by atoms with Crippen LogP contribution in [-0.4, -0.2) is 24.0 Å². The number of Topliss-reactive ketones (excluding diaryl/α,β-unsaturated/α-hetero) is 1. The van der Waals surface area contributed by atoms with Crippen LogP contribution >= 0.6 is 0 Å². The molecule has 0 bridgehead atoms. The smallest absolute Gasteiger partial charge is 0.407 e. The van der Waals surface area contributed by atoms with E-state index in [1.54, 1.807) is 34.6 Å². The van der Waals surface area contributed by atoms with Gasteiger partial charge in [-0.05, 0) is 27.7 Å². The van der Waals surface area contributed by atoms with Crippen molar-refractivity contribution in [1.29, 1.82) is 0 Å². The number of alkyl carbamates (subject to hydrolysis) is 1. The Kier molecular flexibility index (Phi) is 4.31. The molecule has 0 rings (SSSR count). The minimum atomic E-state index is -0.545. The Morgan fingerprint density at radius 1 is 1.13 bits per heavy atom. The molecule has 0 aromatic carbocycles. The highest BCUT2D eigenvalue weighted by atomic mass is 16.6. The molecule has 0 unspecified atom stereocenters. The van der Waals surface area contributed by atoms with Crippen molar-refractivity contribution >= 4 is 11.9 Å². The third-order valence-electron chi connectivity index (χ3n) is 2.03. The van der Waals surface area contributed by atoms with Gasteiger partial charge in [0.25, 0.3) is 0 Å². The molecule has 0 spiro atoms. The quantitative estimate of drug-likeness (QED) is 0.784. The second-order valence-corrected chi connectivity index (χ2v) is 5.30. The van der Waals surface area contributed by atoms with E-state index in [1.807, 2.05) is 0 Å². The molecule has 0 atom stereocenters. The summed E-state index contributed by atoms with van der Waals surface area (Å²) in [4.78, 5) is 22.5. The number of carbonyl (C=O) groups excluding carboxylic acids is 2. The Labute approximate surface area is 91.4 Å². The number of carbonyl (C=O) groups is 2. The van der Waals surface area contributed by atoms with Crippen LogP contribution in [0.25, 0.3) is 0 Å². The zero-order chi connectivity index (χ0) is 12.3. The van der Waals surface area contributed by atoms with Gasteiger partial charge in [0.2, 0.25) is 0 Å². The first-order valence-electron chi connectivity index (χ1n) is 5.02. The van der Waals surface area contributed by atoms with Gasteiger partial charge >= 0.3 is 6.09 Å². The predicted octanol–water partition coefficient (Wildman–Crippen LogP) is 2.13. The SMILES string of the molecule is CC(=O)C(C)(C)CNC(=O)OC(C)(C)C. The van der Waals surface area contributed by atoms with Crippen molar-refractivity contribution in [2.45, 2.75) is 47.1 Å². The van der Waals surface area contributed by atoms with Crippen LogP contribution in [0.1, 0.15) is 41.5 Å². The lowest BCUT2D eigenvalue weighted by Crippen LogP contribution is -2.40. The van der Waals surface area contributed by atoms with Crippen molar-refractivity contribution < 1.29 is 14.3 Å². The van der Waals surface area contributed by atoms with Gasteiger partial charge in [-0.15, -0.1) is 0 Å². The van der Waals surface area contributed by atoms with Crippen LogP contribution < -0.4 is 5.32 Å². The van der Waals surface area contributed by atoms with E-state index in [1.165, 1.54) is 6.92 Å². The van der Waals surface area contributed by atoms with Gasteiger partial charge in [0.1, 0.15) is 11.4 Å². The van der Waals surface area contributed by atoms with Crippen molar-refractivity contribution in [2.75, 3.05) is 6.54 Å². The number of nitrogens with one attached hydrogen (secondary N) is 1. The van der Waals surface area contributed by atoms with Crippen LogP contribution in [0.4, 0.5) is 4.79 Å². The molecule has 0 saturated heterocycles. The van der Waals surface area contributed by atoms with E-state index in [4.69, 9.17) is 4.74 Å². The normalized spacial score (nSPS) is 12.1. The Morgan fingerprint density at radius 3 is 1.93 bits per heavy atom. The zero-order valence-corrected chi connectivity index (χ0v) is 10.4. The summed E-state index contributed by atoms with van der Waals surface area (Å²) in [6.45, 7) is 10.8. The molecule has 0 heterocycles. The summed E-state index contributed by atoms with van der Waals surface area (Å²) in [5.41, 5.74) is -1.05. The summed E-state index contributed by atoms with van der Waals surface area (Å²) in [7, 11) is 0. The molecule has 1 amide bonds. The largest absolute Gasteiger partial charge is 0.444 e. The molecule has 0 aromatic rings. The van der Waals surface area contributed by atoms with Crippen molar-refractivity contribution in [3.63, 3.8) is 0 Å². The summed E-state index contributed by atoms with van der Waals surface area (Å²) in [5.74, 6) is 0.0403. The number of ketones is 1. The maximum Gasteiger partial charge on any atom is 0.407 e. The third-order valence-corrected chi connectivity index (χ3v) is 2.03. The lowest BCUT2D eigenvalue weighted by molar-refractivity contribution is -0.124. The van der Waals surface area contributed by atoms with E-state index in [0.29, 0.717) is 0 Å². The Bertz CT molecular complexity index is 251. The lowest BCUT2D eigenvalue weighted by Gasteiger charge is -2.24. The fraction of sp³-hybridized carbons (Fsp3) is 0.818. The van der Waals surface area contributed by atoms with Gasteiger partial charge in [-0.3, -0.25) is 4.79 Å². The number of ether oxygens (including phenoxy) is 1. The monoisotopic (exact) mass is 215 g/mol. The fourth-order valence-corrected chi connectivity index (χ4v) is 0.732. The molecule has 0 fully saturated rings. The number of rotatable bonds is 3. The second-order valence-electron chi connectivity index (χ2n) is 5.30. The van der Waals surface area contributed by atoms with Crippen molar-refractivity contribution in [2.24, 2.45) is 5.41 Å². The first kappa shape index (κ1) is 13.9. The minimum absolute atomic E-state index is 0.0403. The second kappa shape index (κ2) is 4.64. The Balaban J connectivity index is 4.07. The third kappa shape index (κ3) is 6.10. The maximum absolute atomic E-state index is 11.3. The van der Waals surface area contributed by atoms with Gasteiger partial charge in [0.05, 0.1) is 0 Å². The van der Waals surface area contributed by atoms with Gasteiger partial charge in [0, 0.05) is 12.0 Å². The molecule has 1 N–H and O–H groups in total. The van der Waals surface area contributed by atoms with Crippen molar-refractivity contribution in [3.05, 3.63) is 0 Å². The number of amides is 1. The Hall–Kier alpha value is -1.06. The van der Waals surface area contributed by atoms with Crippen LogP contribution in [0.5, 0.6) is 0 Å². The molecule has 0 aliphatic carbocycles. The van der Waals surface area contributed by atoms with Crippen LogP contribution in [0, 0.1) is 5.41 Å². The van der Waals surface area contributed by atoms with E-state index < -0.39 is 17.1 Å². The average molecular weight is 215 g/mol. The average Bonchev–Trinajstić information content (AvgIpc) is 1.97. The molecule has 0 aliphatic heterocycles. The number of hydrogen-bond donors (Lipinski definition) is 1. The standard InChI is InChI=1S/C11H21NO3/c1-8(13)11(5,6)7-12-9(14)15-10(2,3)4/h7H2,1-6H3,(H,12,14). The van der Waals surface area contributed by atoms with Crippen molar-refractivity contribution in [1.82, 2.24) is 5.32 Å². The fourth-order valence-electron chi connectivity index (χ4n) is 0.732. The van der Waals surface area contributed by atoms with Gasteiger partial charge in [-0.2, -0.15) is 0 Å². The predicted molar refractivity (Wildman–Crippen MR) is 58.7 cm³/mol. The first-order chi connectivity index (χ1) is 6.54. The summed E-state index contributed by atoms with van der Waals surface area (Å²) in [6.07, 6.45) is -0.489. The van der Waals surface area contributed by atoms with Crippen LogP contribution in [0.2, 0.25) is 0 Å². The lowest BCUT2D eigenvalue weighted by atomic mass is 9.89. The van der Waals surface area contributed by atoms with Gasteiger partial charge in [-0.1, -0.05) is 13.8 Å². The van der Waals surface area contributed by atoms with Crippen LogP contribution in [0.15, 0.2) is 0 Å².